The summed E-state index contributed by atoms with van der Waals surface area (Å²) in [5.41, 5.74) is 5.48. The molecule has 0 unspecified atom stereocenters. The molecule has 0 bridgehead atoms. The van der Waals surface area contributed by atoms with E-state index in [2.05, 4.69) is 25.8 Å². The minimum absolute atomic E-state index is 0.103. The zero-order valence-electron chi connectivity index (χ0n) is 15.5. The fourth-order valence-corrected chi connectivity index (χ4v) is 2.99. The Balaban J connectivity index is 1.68. The second-order valence-corrected chi connectivity index (χ2v) is 6.87. The minimum atomic E-state index is -4.74. The summed E-state index contributed by atoms with van der Waals surface area (Å²) in [6.07, 6.45) is -4.18. The number of morpholine rings is 1. The van der Waals surface area contributed by atoms with E-state index in [1.165, 1.54) is 12.1 Å². The second kappa shape index (κ2) is 9.89. The van der Waals surface area contributed by atoms with E-state index in [4.69, 9.17) is 17.0 Å². The predicted molar refractivity (Wildman–Crippen MR) is 102 cm³/mol. The topological polar surface area (TPSA) is 74.9 Å². The van der Waals surface area contributed by atoms with Gasteiger partial charge in [0.15, 0.2) is 5.11 Å². The van der Waals surface area contributed by atoms with Gasteiger partial charge in [-0.2, -0.15) is 0 Å². The maximum absolute atomic E-state index is 12.1. The van der Waals surface area contributed by atoms with Gasteiger partial charge in [-0.1, -0.05) is 0 Å². The Kier molecular flexibility index (Phi) is 7.84. The zero-order valence-corrected chi connectivity index (χ0v) is 16.3. The Bertz CT molecular complexity index is 663. The van der Waals surface area contributed by atoms with Crippen LogP contribution in [0.15, 0.2) is 24.3 Å². The van der Waals surface area contributed by atoms with Crippen molar-refractivity contribution in [2.24, 2.45) is 0 Å². The highest BCUT2D eigenvalue weighted by atomic mass is 32.1. The molecule has 2 rings (SSSR count). The summed E-state index contributed by atoms with van der Waals surface area (Å²) < 4.78 is 45.8. The third-order valence-corrected chi connectivity index (χ3v) is 4.02. The van der Waals surface area contributed by atoms with Crippen molar-refractivity contribution >= 4 is 28.9 Å². The van der Waals surface area contributed by atoms with Crippen molar-refractivity contribution < 1.29 is 27.4 Å². The van der Waals surface area contributed by atoms with Gasteiger partial charge in [-0.25, -0.2) is 0 Å². The van der Waals surface area contributed by atoms with Crippen LogP contribution in [-0.4, -0.2) is 54.1 Å². The fourth-order valence-electron chi connectivity index (χ4n) is 2.82. The molecule has 28 heavy (non-hydrogen) atoms. The van der Waals surface area contributed by atoms with Crippen molar-refractivity contribution in [3.8, 4) is 5.75 Å². The standard InChI is InChI=1S/C17H23F3N4O3S/c1-11-9-24(10-12(2)26-11)8-7-15(25)22-23-16(28)21-13-3-5-14(6-4-13)27-17(18,19)20/h3-6,11-12H,7-10H2,1-2H3,(H,22,25)(H2,21,23,28)/t11-,12+. The molecule has 0 aromatic heterocycles. The van der Waals surface area contributed by atoms with Gasteiger partial charge >= 0.3 is 6.36 Å². The number of nitrogens with one attached hydrogen (secondary N) is 3. The number of nitrogens with zero attached hydrogens (tertiary/aromatic N) is 1. The lowest BCUT2D eigenvalue weighted by molar-refractivity contribution is -0.274. The molecule has 1 aliphatic heterocycles. The number of hydrogen-bond donors (Lipinski definition) is 3. The van der Waals surface area contributed by atoms with Gasteiger partial charge in [-0.15, -0.1) is 13.2 Å². The molecule has 1 fully saturated rings. The average molecular weight is 420 g/mol. The van der Waals surface area contributed by atoms with Crippen LogP contribution in [0, 0.1) is 0 Å². The zero-order chi connectivity index (χ0) is 20.7. The molecule has 0 aliphatic carbocycles. The number of hydrazine groups is 1. The third kappa shape index (κ3) is 8.28. The molecule has 7 nitrogen and oxygen atoms in total. The lowest BCUT2D eigenvalue weighted by atomic mass is 10.2. The first-order valence-electron chi connectivity index (χ1n) is 8.70. The fraction of sp³-hybridized carbons (Fsp3) is 0.529. The normalized spacial score (nSPS) is 20.3. The van der Waals surface area contributed by atoms with E-state index >= 15 is 0 Å². The molecular formula is C17H23F3N4O3S. The number of rotatable bonds is 5. The molecular weight excluding hydrogens is 397 g/mol. The van der Waals surface area contributed by atoms with Gasteiger partial charge in [0.25, 0.3) is 0 Å². The van der Waals surface area contributed by atoms with Gasteiger partial charge in [-0.3, -0.25) is 20.5 Å². The molecule has 0 saturated carbocycles. The molecule has 1 aromatic rings. The van der Waals surface area contributed by atoms with Crippen LogP contribution < -0.4 is 20.9 Å². The van der Waals surface area contributed by atoms with E-state index in [0.717, 1.165) is 25.2 Å². The van der Waals surface area contributed by atoms with Crippen molar-refractivity contribution in [3.63, 3.8) is 0 Å². The van der Waals surface area contributed by atoms with Crippen LogP contribution >= 0.6 is 12.2 Å². The maximum Gasteiger partial charge on any atom is 0.573 e. The number of hydrogen-bond acceptors (Lipinski definition) is 5. The Morgan fingerprint density at radius 1 is 1.21 bits per heavy atom. The van der Waals surface area contributed by atoms with E-state index in [-0.39, 0.29) is 29.0 Å². The molecule has 1 saturated heterocycles. The Morgan fingerprint density at radius 2 is 1.82 bits per heavy atom. The highest BCUT2D eigenvalue weighted by molar-refractivity contribution is 7.80. The summed E-state index contributed by atoms with van der Waals surface area (Å²) in [6.45, 7) is 6.15. The summed E-state index contributed by atoms with van der Waals surface area (Å²) in [7, 11) is 0. The smallest absolute Gasteiger partial charge is 0.406 e. The number of thiocarbonyl (C=S) groups is 1. The molecule has 1 amide bonds. The number of alkyl halides is 3. The lowest BCUT2D eigenvalue weighted by Gasteiger charge is -2.35. The third-order valence-electron chi connectivity index (χ3n) is 3.81. The van der Waals surface area contributed by atoms with Crippen LogP contribution in [0.1, 0.15) is 20.3 Å². The predicted octanol–water partition coefficient (Wildman–Crippen LogP) is 2.40. The van der Waals surface area contributed by atoms with Crippen molar-refractivity contribution in [3.05, 3.63) is 24.3 Å². The molecule has 3 N–H and O–H groups in total. The Hall–Kier alpha value is -2.11. The van der Waals surface area contributed by atoms with Crippen LogP contribution in [0.2, 0.25) is 0 Å². The first kappa shape index (κ1) is 22.2. The summed E-state index contributed by atoms with van der Waals surface area (Å²) >= 11 is 5.04. The quantitative estimate of drug-likeness (QED) is 0.499. The first-order chi connectivity index (χ1) is 13.1. The van der Waals surface area contributed by atoms with Crippen LogP contribution in [-0.2, 0) is 9.53 Å². The number of carbonyl (C=O) groups is 1. The van der Waals surface area contributed by atoms with Crippen molar-refractivity contribution in [2.45, 2.75) is 38.8 Å². The lowest BCUT2D eigenvalue weighted by Crippen LogP contribution is -2.48. The second-order valence-electron chi connectivity index (χ2n) is 6.47. The molecule has 156 valence electrons. The van der Waals surface area contributed by atoms with E-state index < -0.39 is 6.36 Å². The van der Waals surface area contributed by atoms with E-state index in [1.54, 1.807) is 0 Å². The van der Waals surface area contributed by atoms with E-state index in [1.807, 2.05) is 13.8 Å². The van der Waals surface area contributed by atoms with Crippen LogP contribution in [0.3, 0.4) is 0 Å². The monoisotopic (exact) mass is 420 g/mol. The first-order valence-corrected chi connectivity index (χ1v) is 9.11. The minimum Gasteiger partial charge on any atom is -0.406 e. The molecule has 1 heterocycles. The van der Waals surface area contributed by atoms with Crippen LogP contribution in [0.4, 0.5) is 18.9 Å². The van der Waals surface area contributed by atoms with E-state index in [9.17, 15) is 18.0 Å². The number of benzene rings is 1. The molecule has 11 heteroatoms. The SMILES string of the molecule is C[C@@H]1CN(CCC(=O)NNC(=S)Nc2ccc(OC(F)(F)F)cc2)C[C@H](C)O1. The average Bonchev–Trinajstić information content (AvgIpc) is 2.58. The largest absolute Gasteiger partial charge is 0.573 e. The number of amides is 1. The van der Waals surface area contributed by atoms with E-state index in [0.29, 0.717) is 18.7 Å². The van der Waals surface area contributed by atoms with Crippen LogP contribution in [0.5, 0.6) is 5.75 Å². The van der Waals surface area contributed by atoms with Gasteiger partial charge in [0.05, 0.1) is 12.2 Å². The summed E-state index contributed by atoms with van der Waals surface area (Å²) in [4.78, 5) is 14.1. The summed E-state index contributed by atoms with van der Waals surface area (Å²) in [5.74, 6) is -0.568. The van der Waals surface area contributed by atoms with Crippen molar-refractivity contribution in [1.82, 2.24) is 15.8 Å². The molecule has 2 atom stereocenters. The highest BCUT2D eigenvalue weighted by Gasteiger charge is 2.31. The van der Waals surface area contributed by atoms with Gasteiger partial charge in [0.2, 0.25) is 5.91 Å². The van der Waals surface area contributed by atoms with Crippen molar-refractivity contribution in [1.29, 1.82) is 0 Å². The Labute approximate surface area is 166 Å². The van der Waals surface area contributed by atoms with Gasteiger partial charge in [0, 0.05) is 31.7 Å². The number of ether oxygens (including phenoxy) is 2. The number of halogens is 3. The van der Waals surface area contributed by atoms with Crippen molar-refractivity contribution in [2.75, 3.05) is 25.0 Å². The summed E-state index contributed by atoms with van der Waals surface area (Å²) in [5, 5.41) is 2.85. The Morgan fingerprint density at radius 3 is 2.39 bits per heavy atom. The molecule has 1 aliphatic rings. The van der Waals surface area contributed by atoms with Gasteiger partial charge < -0.3 is 14.8 Å². The molecule has 0 spiro atoms. The number of carbonyl (C=O) groups excluding carboxylic acids is 1. The molecule has 0 radical (unpaired) electrons. The maximum atomic E-state index is 12.1. The van der Waals surface area contributed by atoms with Crippen LogP contribution in [0.25, 0.3) is 0 Å². The number of anilines is 1. The molecule has 1 aromatic carbocycles. The highest BCUT2D eigenvalue weighted by Crippen LogP contribution is 2.23. The van der Waals surface area contributed by atoms with Gasteiger partial charge in [0.1, 0.15) is 5.75 Å². The van der Waals surface area contributed by atoms with Gasteiger partial charge in [-0.05, 0) is 50.3 Å². The summed E-state index contributed by atoms with van der Waals surface area (Å²) in [6, 6.07) is 5.05.